The molecular formula is C14H12Cl2O3S. The van der Waals surface area contributed by atoms with Crippen LogP contribution in [0.2, 0.25) is 5.02 Å². The van der Waals surface area contributed by atoms with E-state index >= 15 is 0 Å². The summed E-state index contributed by atoms with van der Waals surface area (Å²) in [4.78, 5) is 0.0709. The van der Waals surface area contributed by atoms with E-state index in [0.29, 0.717) is 22.1 Å². The Morgan fingerprint density at radius 1 is 1.05 bits per heavy atom. The van der Waals surface area contributed by atoms with Gasteiger partial charge in [-0.1, -0.05) is 17.7 Å². The largest absolute Gasteiger partial charge is 0.456 e. The van der Waals surface area contributed by atoms with Gasteiger partial charge >= 0.3 is 0 Å². The number of hydrogen-bond acceptors (Lipinski definition) is 3. The lowest BCUT2D eigenvalue weighted by Crippen LogP contribution is -1.95. The Hall–Kier alpha value is -1.23. The average molecular weight is 331 g/mol. The number of rotatable bonds is 3. The van der Waals surface area contributed by atoms with Gasteiger partial charge in [-0.05, 0) is 55.3 Å². The summed E-state index contributed by atoms with van der Waals surface area (Å²) in [5.74, 6) is 1.01. The highest BCUT2D eigenvalue weighted by Gasteiger charge is 2.14. The molecule has 106 valence electrons. The molecule has 0 saturated heterocycles. The molecule has 2 rings (SSSR count). The molecule has 0 atom stereocenters. The van der Waals surface area contributed by atoms with Crippen LogP contribution in [0.1, 0.15) is 11.1 Å². The van der Waals surface area contributed by atoms with Crippen LogP contribution in [0.4, 0.5) is 0 Å². The van der Waals surface area contributed by atoms with E-state index in [2.05, 4.69) is 0 Å². The first-order chi connectivity index (χ1) is 9.27. The third-order valence-electron chi connectivity index (χ3n) is 2.72. The zero-order valence-corrected chi connectivity index (χ0v) is 13.2. The highest BCUT2D eigenvalue weighted by atomic mass is 35.7. The number of benzene rings is 2. The number of halogens is 2. The van der Waals surface area contributed by atoms with Crippen molar-refractivity contribution >= 4 is 31.3 Å². The molecule has 0 aromatic heterocycles. The Labute approximate surface area is 127 Å². The van der Waals surface area contributed by atoms with Gasteiger partial charge in [0.2, 0.25) is 0 Å². The second kappa shape index (κ2) is 5.64. The monoisotopic (exact) mass is 330 g/mol. The van der Waals surface area contributed by atoms with Gasteiger partial charge < -0.3 is 4.74 Å². The number of aryl methyl sites for hydroxylation is 2. The van der Waals surface area contributed by atoms with E-state index in [4.69, 9.17) is 27.0 Å². The van der Waals surface area contributed by atoms with Crippen molar-refractivity contribution in [3.05, 3.63) is 52.5 Å². The minimum Gasteiger partial charge on any atom is -0.456 e. The van der Waals surface area contributed by atoms with Crippen LogP contribution in [0.25, 0.3) is 0 Å². The Morgan fingerprint density at radius 3 is 2.30 bits per heavy atom. The predicted octanol–water partition coefficient (Wildman–Crippen LogP) is 4.68. The van der Waals surface area contributed by atoms with Crippen molar-refractivity contribution in [3.8, 4) is 11.5 Å². The maximum Gasteiger partial charge on any atom is 0.261 e. The standard InChI is InChI=1S/C14H12Cl2O3S/c1-9-3-5-13(12(15)7-9)19-11-4-6-14(10(2)8-11)20(16,17)18/h3-8H,1-2H3. The summed E-state index contributed by atoms with van der Waals surface area (Å²) in [6, 6.07) is 9.99. The van der Waals surface area contributed by atoms with Gasteiger partial charge in [-0.15, -0.1) is 0 Å². The smallest absolute Gasteiger partial charge is 0.261 e. The van der Waals surface area contributed by atoms with Gasteiger partial charge in [0.15, 0.2) is 0 Å². The minimum atomic E-state index is -3.75. The molecule has 6 heteroatoms. The van der Waals surface area contributed by atoms with Gasteiger partial charge in [0.25, 0.3) is 9.05 Å². The normalized spacial score (nSPS) is 11.4. The molecule has 0 N–H and O–H groups in total. The quantitative estimate of drug-likeness (QED) is 0.767. The van der Waals surface area contributed by atoms with Gasteiger partial charge in [0, 0.05) is 10.7 Å². The molecule has 0 unspecified atom stereocenters. The fourth-order valence-corrected chi connectivity index (χ4v) is 3.24. The van der Waals surface area contributed by atoms with Crippen LogP contribution >= 0.6 is 22.3 Å². The van der Waals surface area contributed by atoms with E-state index in [1.54, 1.807) is 31.2 Å². The summed E-state index contributed by atoms with van der Waals surface area (Å²) in [7, 11) is 1.58. The number of hydrogen-bond donors (Lipinski definition) is 0. The first-order valence-electron chi connectivity index (χ1n) is 5.77. The molecule has 0 aliphatic heterocycles. The lowest BCUT2D eigenvalue weighted by molar-refractivity contribution is 0.482. The predicted molar refractivity (Wildman–Crippen MR) is 80.5 cm³/mol. The second-order valence-electron chi connectivity index (χ2n) is 4.40. The van der Waals surface area contributed by atoms with Crippen molar-refractivity contribution in [1.29, 1.82) is 0 Å². The van der Waals surface area contributed by atoms with Crippen LogP contribution in [0.15, 0.2) is 41.3 Å². The molecule has 3 nitrogen and oxygen atoms in total. The minimum absolute atomic E-state index is 0.0709. The molecule has 0 fully saturated rings. The van der Waals surface area contributed by atoms with E-state index < -0.39 is 9.05 Å². The van der Waals surface area contributed by atoms with E-state index in [1.807, 2.05) is 13.0 Å². The van der Waals surface area contributed by atoms with Crippen molar-refractivity contribution < 1.29 is 13.2 Å². The summed E-state index contributed by atoms with van der Waals surface area (Å²) in [6.45, 7) is 3.58. The van der Waals surface area contributed by atoms with Crippen molar-refractivity contribution in [2.75, 3.05) is 0 Å². The van der Waals surface area contributed by atoms with Gasteiger partial charge in [0.1, 0.15) is 11.5 Å². The lowest BCUT2D eigenvalue weighted by atomic mass is 10.2. The summed E-state index contributed by atoms with van der Waals surface area (Å²) in [6.07, 6.45) is 0. The molecule has 0 aliphatic carbocycles. The Bertz CT molecular complexity index is 755. The Kier molecular flexibility index (Phi) is 4.28. The van der Waals surface area contributed by atoms with Crippen molar-refractivity contribution in [2.24, 2.45) is 0 Å². The molecular weight excluding hydrogens is 319 g/mol. The first kappa shape index (κ1) is 15.2. The molecule has 0 amide bonds. The molecule has 20 heavy (non-hydrogen) atoms. The van der Waals surface area contributed by atoms with Crippen LogP contribution in [0.3, 0.4) is 0 Å². The van der Waals surface area contributed by atoms with Gasteiger partial charge in [-0.3, -0.25) is 0 Å². The molecule has 0 heterocycles. The lowest BCUT2D eigenvalue weighted by Gasteiger charge is -2.10. The molecule has 0 spiro atoms. The zero-order chi connectivity index (χ0) is 14.9. The summed E-state index contributed by atoms with van der Waals surface area (Å²) in [5.41, 5.74) is 1.54. The highest BCUT2D eigenvalue weighted by molar-refractivity contribution is 8.13. The number of ether oxygens (including phenoxy) is 1. The average Bonchev–Trinajstić information content (AvgIpc) is 2.31. The highest BCUT2D eigenvalue weighted by Crippen LogP contribution is 2.32. The maximum atomic E-state index is 11.3. The summed E-state index contributed by atoms with van der Waals surface area (Å²) < 4.78 is 28.3. The first-order valence-corrected chi connectivity index (χ1v) is 8.45. The van der Waals surface area contributed by atoms with Gasteiger partial charge in [0.05, 0.1) is 9.92 Å². The molecule has 0 aliphatic rings. The molecule has 2 aromatic rings. The van der Waals surface area contributed by atoms with Crippen molar-refractivity contribution in [2.45, 2.75) is 18.7 Å². The van der Waals surface area contributed by atoms with Crippen LogP contribution in [-0.4, -0.2) is 8.42 Å². The second-order valence-corrected chi connectivity index (χ2v) is 7.34. The third-order valence-corrected chi connectivity index (χ3v) is 4.50. The zero-order valence-electron chi connectivity index (χ0n) is 10.9. The molecule has 0 saturated carbocycles. The topological polar surface area (TPSA) is 43.4 Å². The maximum absolute atomic E-state index is 11.3. The summed E-state index contributed by atoms with van der Waals surface area (Å²) >= 11 is 6.08. The van der Waals surface area contributed by atoms with E-state index in [1.165, 1.54) is 6.07 Å². The van der Waals surface area contributed by atoms with Crippen molar-refractivity contribution in [1.82, 2.24) is 0 Å². The van der Waals surface area contributed by atoms with E-state index in [9.17, 15) is 8.42 Å². The van der Waals surface area contributed by atoms with Crippen LogP contribution < -0.4 is 4.74 Å². The van der Waals surface area contributed by atoms with Crippen LogP contribution in [-0.2, 0) is 9.05 Å². The Balaban J connectivity index is 2.34. The molecule has 2 aromatic carbocycles. The van der Waals surface area contributed by atoms with Crippen LogP contribution in [0, 0.1) is 13.8 Å². The van der Waals surface area contributed by atoms with Crippen molar-refractivity contribution in [3.63, 3.8) is 0 Å². The molecule has 0 bridgehead atoms. The van der Waals surface area contributed by atoms with Gasteiger partial charge in [-0.25, -0.2) is 8.42 Å². The van der Waals surface area contributed by atoms with E-state index in [0.717, 1.165) is 5.56 Å². The fourth-order valence-electron chi connectivity index (χ4n) is 1.77. The van der Waals surface area contributed by atoms with Gasteiger partial charge in [-0.2, -0.15) is 0 Å². The Morgan fingerprint density at radius 2 is 1.75 bits per heavy atom. The fraction of sp³-hybridized carbons (Fsp3) is 0.143. The SMILES string of the molecule is Cc1ccc(Oc2ccc(S(=O)(=O)Cl)c(C)c2)c(Cl)c1. The van der Waals surface area contributed by atoms with Crippen LogP contribution in [0.5, 0.6) is 11.5 Å². The molecule has 0 radical (unpaired) electrons. The summed E-state index contributed by atoms with van der Waals surface area (Å²) in [5, 5.41) is 0.497. The van der Waals surface area contributed by atoms with E-state index in [-0.39, 0.29) is 4.90 Å². The third kappa shape index (κ3) is 3.45.